The molecular formula is C24H22NO2-. The molecule has 3 heteroatoms. The van der Waals surface area contributed by atoms with E-state index < -0.39 is 5.97 Å². The molecule has 3 aromatic rings. The SMILES string of the molecule is CCc1ccc(/C=C2\C[C@@H](C)Cc3c2nc2ccccc2c3C(=O)[O-])cc1. The molecule has 4 rings (SSSR count). The number of fused-ring (bicyclic) bond motifs is 2. The summed E-state index contributed by atoms with van der Waals surface area (Å²) in [6, 6.07) is 15.9. The minimum absolute atomic E-state index is 0.300. The second-order valence-electron chi connectivity index (χ2n) is 7.40. The predicted octanol–water partition coefficient (Wildman–Crippen LogP) is 4.28. The van der Waals surface area contributed by atoms with E-state index in [-0.39, 0.29) is 0 Å². The lowest BCUT2D eigenvalue weighted by molar-refractivity contribution is -0.254. The summed E-state index contributed by atoms with van der Waals surface area (Å²) < 4.78 is 0. The van der Waals surface area contributed by atoms with Crippen LogP contribution < -0.4 is 5.11 Å². The number of nitrogens with zero attached hydrogens (tertiary/aromatic N) is 1. The Kier molecular flexibility index (Phi) is 4.53. The predicted molar refractivity (Wildman–Crippen MR) is 107 cm³/mol. The number of rotatable bonds is 3. The lowest BCUT2D eigenvalue weighted by atomic mass is 9.80. The van der Waals surface area contributed by atoms with Gasteiger partial charge in [-0.05, 0) is 59.6 Å². The maximum Gasteiger partial charge on any atom is 0.0725 e. The normalized spacial score (nSPS) is 17.9. The van der Waals surface area contributed by atoms with Crippen LogP contribution in [0, 0.1) is 5.92 Å². The number of benzene rings is 2. The fraction of sp³-hybridized carbons (Fsp3) is 0.250. The van der Waals surface area contributed by atoms with E-state index in [4.69, 9.17) is 4.98 Å². The van der Waals surface area contributed by atoms with Crippen molar-refractivity contribution in [2.24, 2.45) is 5.92 Å². The molecule has 0 saturated heterocycles. The molecule has 3 nitrogen and oxygen atoms in total. The lowest BCUT2D eigenvalue weighted by Gasteiger charge is -2.27. The molecule has 1 heterocycles. The Labute approximate surface area is 159 Å². The molecular weight excluding hydrogens is 334 g/mol. The summed E-state index contributed by atoms with van der Waals surface area (Å²) in [5, 5.41) is 12.6. The fourth-order valence-electron chi connectivity index (χ4n) is 4.02. The molecule has 0 radical (unpaired) electrons. The molecule has 136 valence electrons. The van der Waals surface area contributed by atoms with Gasteiger partial charge >= 0.3 is 0 Å². The van der Waals surface area contributed by atoms with Crippen LogP contribution in [0.15, 0.2) is 48.5 Å². The molecule has 1 aliphatic rings. The Balaban J connectivity index is 1.93. The van der Waals surface area contributed by atoms with Crippen molar-refractivity contribution < 1.29 is 9.90 Å². The van der Waals surface area contributed by atoms with Crippen LogP contribution in [0.4, 0.5) is 0 Å². The fourth-order valence-corrected chi connectivity index (χ4v) is 4.02. The largest absolute Gasteiger partial charge is 0.545 e. The van der Waals surface area contributed by atoms with Crippen LogP contribution in [0.5, 0.6) is 0 Å². The molecule has 0 bridgehead atoms. The number of carbonyl (C=O) groups is 1. The first-order chi connectivity index (χ1) is 13.1. The summed E-state index contributed by atoms with van der Waals surface area (Å²) in [6.07, 6.45) is 4.76. The zero-order valence-corrected chi connectivity index (χ0v) is 15.7. The summed E-state index contributed by atoms with van der Waals surface area (Å²) in [4.78, 5) is 16.8. The van der Waals surface area contributed by atoms with Gasteiger partial charge in [0.1, 0.15) is 0 Å². The summed E-state index contributed by atoms with van der Waals surface area (Å²) in [5.74, 6) is -0.759. The van der Waals surface area contributed by atoms with E-state index in [1.54, 1.807) is 0 Å². The van der Waals surface area contributed by atoms with Crippen molar-refractivity contribution in [3.05, 3.63) is 76.5 Å². The first-order valence-electron chi connectivity index (χ1n) is 9.49. The zero-order valence-electron chi connectivity index (χ0n) is 15.7. The molecule has 2 aromatic carbocycles. The van der Waals surface area contributed by atoms with Gasteiger partial charge in [0.15, 0.2) is 0 Å². The number of pyridine rings is 1. The van der Waals surface area contributed by atoms with Crippen LogP contribution in [0.1, 0.15) is 53.0 Å². The number of aryl methyl sites for hydroxylation is 1. The van der Waals surface area contributed by atoms with Gasteiger partial charge in [-0.25, -0.2) is 4.98 Å². The number of aromatic nitrogens is 1. The highest BCUT2D eigenvalue weighted by atomic mass is 16.4. The zero-order chi connectivity index (χ0) is 19.0. The quantitative estimate of drug-likeness (QED) is 0.704. The number of carboxylic acids is 1. The van der Waals surface area contributed by atoms with Gasteiger partial charge < -0.3 is 9.90 Å². The maximum atomic E-state index is 12.0. The third kappa shape index (κ3) is 3.25. The lowest BCUT2D eigenvalue weighted by Crippen LogP contribution is -2.27. The van der Waals surface area contributed by atoms with Crippen LogP contribution in [-0.4, -0.2) is 11.0 Å². The summed E-state index contributed by atoms with van der Waals surface area (Å²) in [7, 11) is 0. The second kappa shape index (κ2) is 6.99. The summed E-state index contributed by atoms with van der Waals surface area (Å²) in [6.45, 7) is 4.30. The first kappa shape index (κ1) is 17.5. The first-order valence-corrected chi connectivity index (χ1v) is 9.49. The topological polar surface area (TPSA) is 53.0 Å². The van der Waals surface area contributed by atoms with Crippen LogP contribution in [-0.2, 0) is 12.8 Å². The van der Waals surface area contributed by atoms with Crippen molar-refractivity contribution in [3.8, 4) is 0 Å². The number of para-hydroxylation sites is 1. The van der Waals surface area contributed by atoms with Crippen LogP contribution in [0.3, 0.4) is 0 Å². The Morgan fingerprint density at radius 3 is 2.59 bits per heavy atom. The van der Waals surface area contributed by atoms with Gasteiger partial charge in [0.2, 0.25) is 0 Å². The Hall–Kier alpha value is -2.94. The number of carbonyl (C=O) groups excluding carboxylic acids is 1. The Bertz CT molecular complexity index is 1050. The summed E-state index contributed by atoms with van der Waals surface area (Å²) >= 11 is 0. The third-order valence-electron chi connectivity index (χ3n) is 5.35. The van der Waals surface area contributed by atoms with Gasteiger partial charge in [-0.1, -0.05) is 56.3 Å². The van der Waals surface area contributed by atoms with Crippen molar-refractivity contribution in [2.75, 3.05) is 0 Å². The minimum atomic E-state index is -1.12. The van der Waals surface area contributed by atoms with E-state index in [1.807, 2.05) is 24.3 Å². The average Bonchev–Trinajstić information content (AvgIpc) is 2.66. The highest BCUT2D eigenvalue weighted by Gasteiger charge is 2.25. The monoisotopic (exact) mass is 356 g/mol. The average molecular weight is 356 g/mol. The number of allylic oxidation sites excluding steroid dienone is 1. The minimum Gasteiger partial charge on any atom is -0.545 e. The van der Waals surface area contributed by atoms with E-state index in [0.717, 1.165) is 35.2 Å². The smallest absolute Gasteiger partial charge is 0.0725 e. The van der Waals surface area contributed by atoms with E-state index in [9.17, 15) is 9.90 Å². The molecule has 0 unspecified atom stereocenters. The second-order valence-corrected chi connectivity index (χ2v) is 7.40. The van der Waals surface area contributed by atoms with Crippen LogP contribution >= 0.6 is 0 Å². The number of carboxylic acid groups (broad SMARTS) is 1. The van der Waals surface area contributed by atoms with Crippen LogP contribution in [0.25, 0.3) is 22.6 Å². The number of hydrogen-bond donors (Lipinski definition) is 0. The van der Waals surface area contributed by atoms with Crippen molar-refractivity contribution in [1.29, 1.82) is 0 Å². The molecule has 1 aliphatic carbocycles. The van der Waals surface area contributed by atoms with Gasteiger partial charge in [0, 0.05) is 10.9 Å². The van der Waals surface area contributed by atoms with Crippen molar-refractivity contribution in [2.45, 2.75) is 33.1 Å². The standard InChI is InChI=1S/C24H23NO2/c1-3-16-8-10-17(11-9-16)14-18-12-15(2)13-20-22(24(26)27)19-6-4-5-7-21(19)25-23(18)20/h4-11,14-15H,3,12-13H2,1-2H3,(H,26,27)/p-1/b18-14+/t15-/m1/s1. The van der Waals surface area contributed by atoms with Gasteiger partial charge in [-0.3, -0.25) is 0 Å². The third-order valence-corrected chi connectivity index (χ3v) is 5.35. The van der Waals surface area contributed by atoms with Gasteiger partial charge in [0.25, 0.3) is 0 Å². The Morgan fingerprint density at radius 2 is 1.89 bits per heavy atom. The molecule has 0 saturated carbocycles. The van der Waals surface area contributed by atoms with E-state index in [0.29, 0.717) is 28.8 Å². The summed E-state index contributed by atoms with van der Waals surface area (Å²) in [5.41, 5.74) is 6.15. The van der Waals surface area contributed by atoms with Crippen molar-refractivity contribution >= 4 is 28.5 Å². The molecule has 0 aliphatic heterocycles. The van der Waals surface area contributed by atoms with Gasteiger partial charge in [-0.2, -0.15) is 0 Å². The highest BCUT2D eigenvalue weighted by Crippen LogP contribution is 2.38. The molecule has 0 fully saturated rings. The molecule has 0 spiro atoms. The van der Waals surface area contributed by atoms with Crippen molar-refractivity contribution in [3.63, 3.8) is 0 Å². The van der Waals surface area contributed by atoms with E-state index in [1.165, 1.54) is 5.56 Å². The molecule has 1 aromatic heterocycles. The number of hydrogen-bond acceptors (Lipinski definition) is 3. The maximum absolute atomic E-state index is 12.0. The molecule has 0 amide bonds. The molecule has 0 N–H and O–H groups in total. The molecule has 1 atom stereocenters. The van der Waals surface area contributed by atoms with Crippen molar-refractivity contribution in [1.82, 2.24) is 4.98 Å². The Morgan fingerprint density at radius 1 is 1.15 bits per heavy atom. The van der Waals surface area contributed by atoms with Gasteiger partial charge in [0.05, 0.1) is 17.2 Å². The van der Waals surface area contributed by atoms with E-state index in [2.05, 4.69) is 44.2 Å². The van der Waals surface area contributed by atoms with Gasteiger partial charge in [-0.15, -0.1) is 0 Å². The highest BCUT2D eigenvalue weighted by molar-refractivity contribution is 6.05. The van der Waals surface area contributed by atoms with Crippen LogP contribution in [0.2, 0.25) is 0 Å². The van der Waals surface area contributed by atoms with E-state index >= 15 is 0 Å². The number of aromatic carboxylic acids is 1. The molecule has 27 heavy (non-hydrogen) atoms.